The molecule has 76 valence electrons. The van der Waals surface area contributed by atoms with E-state index in [1.165, 1.54) is 0 Å². The Morgan fingerprint density at radius 2 is 2.13 bits per heavy atom. The highest BCUT2D eigenvalue weighted by atomic mass is 16.5. The van der Waals surface area contributed by atoms with Gasteiger partial charge in [-0.25, -0.2) is 4.99 Å². The summed E-state index contributed by atoms with van der Waals surface area (Å²) in [7, 11) is 0. The number of hydrogen-bond acceptors (Lipinski definition) is 3. The second-order valence-corrected chi connectivity index (χ2v) is 3.13. The Balaban J connectivity index is 2.35. The number of rotatable bonds is 4. The molecule has 0 aromatic heterocycles. The maximum absolute atomic E-state index is 11.5. The van der Waals surface area contributed by atoms with Crippen LogP contribution in [0.15, 0.2) is 29.3 Å². The maximum Gasteiger partial charge on any atom is 0.293 e. The lowest BCUT2D eigenvalue weighted by atomic mass is 10.1. The smallest absolute Gasteiger partial charge is 0.293 e. The second-order valence-electron chi connectivity index (χ2n) is 3.13. The summed E-state index contributed by atoms with van der Waals surface area (Å²) in [5, 5.41) is 1.54. The third-order valence-electron chi connectivity index (χ3n) is 2.25. The van der Waals surface area contributed by atoms with Crippen LogP contribution in [0, 0.1) is 0 Å². The predicted octanol–water partition coefficient (Wildman–Crippen LogP) is -0.440. The predicted molar refractivity (Wildman–Crippen MR) is 52.3 cm³/mol. The zero-order valence-electron chi connectivity index (χ0n) is 7.97. The molecule has 1 aliphatic heterocycles. The molecule has 0 saturated carbocycles. The molecule has 0 unspecified atom stereocenters. The summed E-state index contributed by atoms with van der Waals surface area (Å²) in [5.74, 6) is -0.231. The molecule has 0 spiro atoms. The standard InChI is InChI=1S/C11H9NO3/c13-7-15-6-5-9-8-3-1-2-4-10(8)12-11(9)14/h1-4,7H,5-6H2. The summed E-state index contributed by atoms with van der Waals surface area (Å²) in [4.78, 5) is 25.3. The monoisotopic (exact) mass is 203 g/mol. The molecule has 15 heavy (non-hydrogen) atoms. The highest BCUT2D eigenvalue weighted by molar-refractivity contribution is 6.15. The Morgan fingerprint density at radius 3 is 2.93 bits per heavy atom. The first kappa shape index (κ1) is 9.58. The molecule has 0 saturated heterocycles. The van der Waals surface area contributed by atoms with Crippen molar-refractivity contribution in [3.8, 4) is 0 Å². The zero-order chi connectivity index (χ0) is 10.7. The van der Waals surface area contributed by atoms with E-state index in [1.54, 1.807) is 6.07 Å². The van der Waals surface area contributed by atoms with Gasteiger partial charge in [-0.3, -0.25) is 9.59 Å². The molecular weight excluding hydrogens is 194 g/mol. The van der Waals surface area contributed by atoms with Crippen LogP contribution in [0.25, 0.3) is 5.57 Å². The van der Waals surface area contributed by atoms with Gasteiger partial charge in [0.05, 0.1) is 12.0 Å². The number of ether oxygens (including phenoxy) is 1. The van der Waals surface area contributed by atoms with Gasteiger partial charge in [-0.05, 0) is 6.07 Å². The molecule has 1 aliphatic rings. The molecule has 4 heteroatoms. The van der Waals surface area contributed by atoms with Crippen LogP contribution < -0.4 is 10.6 Å². The first-order valence-electron chi connectivity index (χ1n) is 4.59. The van der Waals surface area contributed by atoms with Gasteiger partial charge in [0.15, 0.2) is 0 Å². The van der Waals surface area contributed by atoms with Crippen molar-refractivity contribution in [1.82, 2.24) is 0 Å². The first-order valence-corrected chi connectivity index (χ1v) is 4.59. The Morgan fingerprint density at radius 1 is 1.33 bits per heavy atom. The molecule has 0 fully saturated rings. The van der Waals surface area contributed by atoms with E-state index in [9.17, 15) is 9.59 Å². The molecule has 1 amide bonds. The quantitative estimate of drug-likeness (QED) is 0.492. The molecule has 0 aliphatic carbocycles. The van der Waals surface area contributed by atoms with E-state index in [1.807, 2.05) is 18.2 Å². The van der Waals surface area contributed by atoms with Gasteiger partial charge in [-0.15, -0.1) is 0 Å². The van der Waals surface area contributed by atoms with Crippen LogP contribution in [0.2, 0.25) is 0 Å². The third kappa shape index (κ3) is 1.79. The summed E-state index contributed by atoms with van der Waals surface area (Å²) < 4.78 is 4.56. The molecule has 4 nitrogen and oxygen atoms in total. The number of hydrogen-bond donors (Lipinski definition) is 0. The maximum atomic E-state index is 11.5. The minimum absolute atomic E-state index is 0.217. The number of nitrogens with zero attached hydrogens (tertiary/aromatic N) is 1. The Bertz CT molecular complexity index is 519. The van der Waals surface area contributed by atoms with Gasteiger partial charge in [-0.1, -0.05) is 18.2 Å². The van der Waals surface area contributed by atoms with E-state index in [-0.39, 0.29) is 12.5 Å². The van der Waals surface area contributed by atoms with Crippen LogP contribution in [-0.4, -0.2) is 19.0 Å². The fraction of sp³-hybridized carbons (Fsp3) is 0.182. The molecule has 0 bridgehead atoms. The Labute approximate surface area is 85.9 Å². The van der Waals surface area contributed by atoms with Crippen LogP contribution in [0.3, 0.4) is 0 Å². The number of fused-ring (bicyclic) bond motifs is 1. The van der Waals surface area contributed by atoms with Crippen molar-refractivity contribution in [3.05, 3.63) is 34.8 Å². The van der Waals surface area contributed by atoms with Crippen LogP contribution in [-0.2, 0) is 14.3 Å². The average Bonchev–Trinajstić information content (AvgIpc) is 2.56. The topological polar surface area (TPSA) is 55.7 Å². The second kappa shape index (κ2) is 4.04. The van der Waals surface area contributed by atoms with Gasteiger partial charge in [-0.2, -0.15) is 0 Å². The summed E-state index contributed by atoms with van der Waals surface area (Å²) in [5.41, 5.74) is 0.618. The molecule has 0 N–H and O–H groups in total. The highest BCUT2D eigenvalue weighted by Gasteiger charge is 2.15. The van der Waals surface area contributed by atoms with Crippen molar-refractivity contribution < 1.29 is 14.3 Å². The van der Waals surface area contributed by atoms with Crippen molar-refractivity contribution in [3.63, 3.8) is 0 Å². The van der Waals surface area contributed by atoms with Gasteiger partial charge in [0.2, 0.25) is 0 Å². The van der Waals surface area contributed by atoms with Crippen molar-refractivity contribution >= 4 is 18.0 Å². The lowest BCUT2D eigenvalue weighted by molar-refractivity contribution is -0.128. The van der Waals surface area contributed by atoms with Crippen LogP contribution in [0.4, 0.5) is 0 Å². The van der Waals surface area contributed by atoms with Gasteiger partial charge in [0, 0.05) is 17.2 Å². The fourth-order valence-corrected chi connectivity index (χ4v) is 1.57. The van der Waals surface area contributed by atoms with Crippen LogP contribution in [0.5, 0.6) is 0 Å². The average molecular weight is 203 g/mol. The number of carbonyl (C=O) groups excluding carboxylic acids is 2. The highest BCUT2D eigenvalue weighted by Crippen LogP contribution is 2.05. The summed E-state index contributed by atoms with van der Waals surface area (Å²) >= 11 is 0. The fourth-order valence-electron chi connectivity index (χ4n) is 1.57. The van der Waals surface area contributed by atoms with E-state index in [4.69, 9.17) is 0 Å². The van der Waals surface area contributed by atoms with Crippen molar-refractivity contribution in [1.29, 1.82) is 0 Å². The molecule has 1 aromatic rings. The van der Waals surface area contributed by atoms with E-state index in [0.29, 0.717) is 23.8 Å². The van der Waals surface area contributed by atoms with Gasteiger partial charge in [0.25, 0.3) is 12.4 Å². The largest absolute Gasteiger partial charge is 0.468 e. The van der Waals surface area contributed by atoms with Gasteiger partial charge in [0.1, 0.15) is 0 Å². The summed E-state index contributed by atoms with van der Waals surface area (Å²) in [6.45, 7) is 0.595. The first-order chi connectivity index (χ1) is 7.33. The van der Waals surface area contributed by atoms with Crippen LogP contribution in [0.1, 0.15) is 6.42 Å². The van der Waals surface area contributed by atoms with Gasteiger partial charge >= 0.3 is 0 Å². The molecule has 2 rings (SSSR count). The summed E-state index contributed by atoms with van der Waals surface area (Å²) in [6.07, 6.45) is 0.415. The van der Waals surface area contributed by atoms with E-state index in [2.05, 4.69) is 9.73 Å². The normalized spacial score (nSPS) is 13.3. The minimum Gasteiger partial charge on any atom is -0.468 e. The Kier molecular flexibility index (Phi) is 2.58. The lowest BCUT2D eigenvalue weighted by Crippen LogP contribution is -2.22. The molecule has 1 heterocycles. The number of para-hydroxylation sites is 1. The molecule has 0 atom stereocenters. The van der Waals surface area contributed by atoms with Crippen LogP contribution >= 0.6 is 0 Å². The minimum atomic E-state index is -0.231. The third-order valence-corrected chi connectivity index (χ3v) is 2.25. The van der Waals surface area contributed by atoms with Crippen molar-refractivity contribution in [2.24, 2.45) is 4.99 Å². The van der Waals surface area contributed by atoms with E-state index < -0.39 is 0 Å². The van der Waals surface area contributed by atoms with E-state index >= 15 is 0 Å². The zero-order valence-corrected chi connectivity index (χ0v) is 7.97. The Hall–Kier alpha value is -1.97. The molecular formula is C11H9NO3. The van der Waals surface area contributed by atoms with Crippen molar-refractivity contribution in [2.75, 3.05) is 6.61 Å². The van der Waals surface area contributed by atoms with Gasteiger partial charge < -0.3 is 4.74 Å². The number of amides is 1. The summed E-state index contributed by atoms with van der Waals surface area (Å²) in [6, 6.07) is 7.33. The van der Waals surface area contributed by atoms with E-state index in [0.717, 1.165) is 5.22 Å². The molecule has 0 radical (unpaired) electrons. The number of carbonyl (C=O) groups is 2. The number of benzene rings is 1. The van der Waals surface area contributed by atoms with Crippen molar-refractivity contribution in [2.45, 2.75) is 6.42 Å². The lowest BCUT2D eigenvalue weighted by Gasteiger charge is -1.97. The SMILES string of the molecule is O=COCCC1=c2ccccc2=NC1=O. The molecule has 1 aromatic carbocycles.